The van der Waals surface area contributed by atoms with E-state index in [1.54, 1.807) is 19.2 Å². The minimum absolute atomic E-state index is 0.256. The fourth-order valence-corrected chi connectivity index (χ4v) is 4.34. The molecule has 8 heteroatoms. The lowest BCUT2D eigenvalue weighted by Crippen LogP contribution is -2.48. The van der Waals surface area contributed by atoms with Crippen LogP contribution in [-0.2, 0) is 11.2 Å². The van der Waals surface area contributed by atoms with Crippen LogP contribution in [0.1, 0.15) is 21.5 Å². The number of ether oxygens (including phenoxy) is 2. The summed E-state index contributed by atoms with van der Waals surface area (Å²) in [5, 5.41) is 9.15. The zero-order chi connectivity index (χ0) is 29.9. The number of anilines is 2. The van der Waals surface area contributed by atoms with Gasteiger partial charge in [-0.05, 0) is 85.3 Å². The first-order valence-corrected chi connectivity index (χ1v) is 13.9. The number of nitrogens with zero attached hydrogens (tertiary/aromatic N) is 1. The number of nitrogens with one attached hydrogen (secondary N) is 3. The minimum Gasteiger partial charge on any atom is -0.497 e. The Morgan fingerprint density at radius 3 is 2.07 bits per heavy atom. The van der Waals surface area contributed by atoms with Crippen molar-refractivity contribution in [1.29, 1.82) is 0 Å². The summed E-state index contributed by atoms with van der Waals surface area (Å²) in [5.74, 6) is 1.65. The maximum absolute atomic E-state index is 13.3. The molecule has 0 unspecified atom stereocenters. The predicted molar refractivity (Wildman–Crippen MR) is 168 cm³/mol. The maximum Gasteiger partial charge on any atom is 0.251 e. The van der Waals surface area contributed by atoms with Gasteiger partial charge in [-0.3, -0.25) is 9.59 Å². The van der Waals surface area contributed by atoms with Crippen LogP contribution >= 0.6 is 0 Å². The van der Waals surface area contributed by atoms with Crippen LogP contribution in [-0.4, -0.2) is 52.2 Å². The predicted octanol–water partition coefficient (Wildman–Crippen LogP) is 5.43. The van der Waals surface area contributed by atoms with Gasteiger partial charge in [0.05, 0.1) is 7.11 Å². The molecule has 0 heterocycles. The van der Waals surface area contributed by atoms with Gasteiger partial charge in [0, 0.05) is 50.5 Å². The van der Waals surface area contributed by atoms with Gasteiger partial charge in [0.25, 0.3) is 5.91 Å². The summed E-state index contributed by atoms with van der Waals surface area (Å²) in [5.41, 5.74) is 4.39. The molecule has 1 atom stereocenters. The fraction of sp³-hybridized carbons (Fsp3) is 0.235. The molecule has 0 aliphatic heterocycles. The van der Waals surface area contributed by atoms with E-state index in [0.29, 0.717) is 30.8 Å². The van der Waals surface area contributed by atoms with Gasteiger partial charge in [-0.15, -0.1) is 0 Å². The molecule has 2 amide bonds. The van der Waals surface area contributed by atoms with Crippen LogP contribution in [0.3, 0.4) is 0 Å². The highest BCUT2D eigenvalue weighted by Gasteiger charge is 2.22. The summed E-state index contributed by atoms with van der Waals surface area (Å²) in [6, 6.07) is 29.5. The van der Waals surface area contributed by atoms with Gasteiger partial charge in [0.1, 0.15) is 23.3 Å². The number of benzene rings is 4. The Morgan fingerprint density at radius 1 is 0.810 bits per heavy atom. The van der Waals surface area contributed by atoms with Gasteiger partial charge < -0.3 is 30.3 Å². The van der Waals surface area contributed by atoms with Crippen molar-refractivity contribution in [3.8, 4) is 17.2 Å². The Bertz CT molecular complexity index is 1450. The molecule has 0 fully saturated rings. The third-order valence-electron chi connectivity index (χ3n) is 6.70. The number of carbonyl (C=O) groups excluding carboxylic acids is 2. The molecule has 218 valence electrons. The summed E-state index contributed by atoms with van der Waals surface area (Å²) >= 11 is 0. The molecule has 4 aromatic rings. The van der Waals surface area contributed by atoms with Gasteiger partial charge >= 0.3 is 0 Å². The number of carbonyl (C=O) groups is 2. The Labute approximate surface area is 247 Å². The zero-order valence-corrected chi connectivity index (χ0v) is 24.5. The van der Waals surface area contributed by atoms with Crippen LogP contribution in [0.25, 0.3) is 0 Å². The van der Waals surface area contributed by atoms with E-state index in [-0.39, 0.29) is 11.8 Å². The van der Waals surface area contributed by atoms with Gasteiger partial charge in [-0.2, -0.15) is 0 Å². The maximum atomic E-state index is 13.3. The molecule has 8 nitrogen and oxygen atoms in total. The SMILES string of the molecule is COc1ccc(NCCNC(=O)[C@H](Cc2ccc(Oc3ccc(N(C)C)cc3)cc2)NC(=O)c2cccc(C)c2)cc1. The average molecular weight is 567 g/mol. The molecule has 4 aromatic carbocycles. The Morgan fingerprint density at radius 2 is 1.45 bits per heavy atom. The lowest BCUT2D eigenvalue weighted by atomic mass is 10.0. The van der Waals surface area contributed by atoms with Crippen molar-refractivity contribution in [2.24, 2.45) is 0 Å². The first-order valence-electron chi connectivity index (χ1n) is 13.9. The fourth-order valence-electron chi connectivity index (χ4n) is 4.34. The number of rotatable bonds is 13. The van der Waals surface area contributed by atoms with E-state index >= 15 is 0 Å². The normalized spacial score (nSPS) is 11.2. The Balaban J connectivity index is 1.38. The molecule has 0 spiro atoms. The molecule has 0 radical (unpaired) electrons. The lowest BCUT2D eigenvalue weighted by Gasteiger charge is -2.19. The third kappa shape index (κ3) is 8.76. The van der Waals surface area contributed by atoms with E-state index in [1.807, 2.05) is 111 Å². The number of hydrogen-bond donors (Lipinski definition) is 3. The molecule has 42 heavy (non-hydrogen) atoms. The van der Waals surface area contributed by atoms with Crippen molar-refractivity contribution in [2.75, 3.05) is 44.5 Å². The van der Waals surface area contributed by atoms with Crippen molar-refractivity contribution in [3.63, 3.8) is 0 Å². The summed E-state index contributed by atoms with van der Waals surface area (Å²) in [6.45, 7) is 2.84. The molecule has 0 saturated carbocycles. The second-order valence-electron chi connectivity index (χ2n) is 10.2. The monoisotopic (exact) mass is 566 g/mol. The molecule has 0 aliphatic rings. The van der Waals surface area contributed by atoms with Gasteiger partial charge in [-0.1, -0.05) is 29.8 Å². The molecule has 0 aliphatic carbocycles. The Kier molecular flexibility index (Phi) is 10.4. The van der Waals surface area contributed by atoms with Crippen molar-refractivity contribution >= 4 is 23.2 Å². The standard InChI is InChI=1S/C34H38N4O4/c1-24-6-5-7-26(22-24)33(39)37-32(34(40)36-21-20-35-27-10-16-29(41-4)17-11-27)23-25-8-14-30(15-9-25)42-31-18-12-28(13-19-31)38(2)3/h5-19,22,32,35H,20-21,23H2,1-4H3,(H,36,40)(H,37,39)/t32-/m0/s1. The van der Waals surface area contributed by atoms with E-state index in [4.69, 9.17) is 9.47 Å². The van der Waals surface area contributed by atoms with Crippen LogP contribution in [0.4, 0.5) is 11.4 Å². The molecule has 4 rings (SSSR count). The molecule has 3 N–H and O–H groups in total. The van der Waals surface area contributed by atoms with E-state index in [2.05, 4.69) is 16.0 Å². The minimum atomic E-state index is -0.760. The molecular weight excluding hydrogens is 528 g/mol. The molecule has 0 aromatic heterocycles. The van der Waals surface area contributed by atoms with Crippen molar-refractivity contribution in [3.05, 3.63) is 114 Å². The van der Waals surface area contributed by atoms with E-state index < -0.39 is 6.04 Å². The zero-order valence-electron chi connectivity index (χ0n) is 24.5. The van der Waals surface area contributed by atoms with Crippen LogP contribution < -0.4 is 30.3 Å². The van der Waals surface area contributed by atoms with Crippen LogP contribution in [0.5, 0.6) is 17.2 Å². The summed E-state index contributed by atoms with van der Waals surface area (Å²) < 4.78 is 11.2. The second-order valence-corrected chi connectivity index (χ2v) is 10.2. The summed E-state index contributed by atoms with van der Waals surface area (Å²) in [6.07, 6.45) is 0.326. The highest BCUT2D eigenvalue weighted by Crippen LogP contribution is 2.24. The molecular formula is C34H38N4O4. The van der Waals surface area contributed by atoms with Crippen molar-refractivity contribution in [2.45, 2.75) is 19.4 Å². The van der Waals surface area contributed by atoms with E-state index in [1.165, 1.54) is 0 Å². The topological polar surface area (TPSA) is 91.9 Å². The van der Waals surface area contributed by atoms with E-state index in [9.17, 15) is 9.59 Å². The molecule has 0 bridgehead atoms. The van der Waals surface area contributed by atoms with Crippen LogP contribution in [0.15, 0.2) is 97.1 Å². The van der Waals surface area contributed by atoms with Crippen molar-refractivity contribution < 1.29 is 19.1 Å². The lowest BCUT2D eigenvalue weighted by molar-refractivity contribution is -0.122. The number of methoxy groups -OCH3 is 1. The number of amides is 2. The third-order valence-corrected chi connectivity index (χ3v) is 6.70. The summed E-state index contributed by atoms with van der Waals surface area (Å²) in [7, 11) is 5.61. The number of aryl methyl sites for hydroxylation is 1. The molecule has 0 saturated heterocycles. The largest absolute Gasteiger partial charge is 0.497 e. The van der Waals surface area contributed by atoms with Gasteiger partial charge in [-0.25, -0.2) is 0 Å². The van der Waals surface area contributed by atoms with Crippen LogP contribution in [0.2, 0.25) is 0 Å². The Hall–Kier alpha value is -4.98. The van der Waals surface area contributed by atoms with E-state index in [0.717, 1.165) is 34.0 Å². The van der Waals surface area contributed by atoms with Crippen molar-refractivity contribution in [1.82, 2.24) is 10.6 Å². The van der Waals surface area contributed by atoms with Gasteiger partial charge in [0.15, 0.2) is 0 Å². The highest BCUT2D eigenvalue weighted by atomic mass is 16.5. The van der Waals surface area contributed by atoms with Crippen LogP contribution in [0, 0.1) is 6.92 Å². The summed E-state index contributed by atoms with van der Waals surface area (Å²) in [4.78, 5) is 28.3. The average Bonchev–Trinajstić information content (AvgIpc) is 3.00. The first-order chi connectivity index (χ1) is 20.3. The van der Waals surface area contributed by atoms with Gasteiger partial charge in [0.2, 0.25) is 5.91 Å². The highest BCUT2D eigenvalue weighted by molar-refractivity contribution is 5.97. The number of hydrogen-bond acceptors (Lipinski definition) is 6. The quantitative estimate of drug-likeness (QED) is 0.187. The smallest absolute Gasteiger partial charge is 0.251 e. The second kappa shape index (κ2) is 14.6. The first kappa shape index (κ1) is 30.0.